The average Bonchev–Trinajstić information content (AvgIpc) is 3.07. The van der Waals surface area contributed by atoms with Crippen molar-refractivity contribution in [3.63, 3.8) is 0 Å². The van der Waals surface area contributed by atoms with Crippen LogP contribution in [0.3, 0.4) is 0 Å². The molecule has 1 fully saturated rings. The van der Waals surface area contributed by atoms with Gasteiger partial charge in [0.1, 0.15) is 30.8 Å². The van der Waals surface area contributed by atoms with E-state index in [1.165, 1.54) is 5.38 Å². The number of hydrogen-bond acceptors (Lipinski definition) is 10. The molecule has 3 N–H and O–H groups in total. The van der Waals surface area contributed by atoms with Crippen LogP contribution in [0.5, 0.6) is 0 Å². The molecule has 2 heterocycles. The number of anilines is 1. The van der Waals surface area contributed by atoms with E-state index in [0.29, 0.717) is 0 Å². The molecule has 158 valence electrons. The van der Waals surface area contributed by atoms with Crippen molar-refractivity contribution < 1.29 is 37.0 Å². The monoisotopic (exact) mass is 467 g/mol. The number of β-lactam (4-membered cyclic amide) rings is 1. The number of alkyl halides is 1. The highest BCUT2D eigenvalue weighted by atomic mass is 35.5. The first-order valence-electron chi connectivity index (χ1n) is 7.56. The van der Waals surface area contributed by atoms with Crippen LogP contribution >= 0.6 is 22.9 Å². The lowest BCUT2D eigenvalue weighted by molar-refractivity contribution is -0.150. The normalized spacial score (nSPS) is 19.4. The van der Waals surface area contributed by atoms with Crippen LogP contribution in [0.4, 0.5) is 5.13 Å². The fourth-order valence-corrected chi connectivity index (χ4v) is 4.03. The van der Waals surface area contributed by atoms with Gasteiger partial charge < -0.3 is 15.5 Å². The number of rotatable bonds is 8. The summed E-state index contributed by atoms with van der Waals surface area (Å²) in [6.45, 7) is 0.991. The lowest BCUT2D eigenvalue weighted by Gasteiger charge is -2.42. The fraction of sp³-hybridized carbons (Fsp3) is 0.385. The van der Waals surface area contributed by atoms with E-state index >= 15 is 0 Å². The maximum Gasteiger partial charge on any atom is 0.363 e. The summed E-state index contributed by atoms with van der Waals surface area (Å²) in [5, 5.41) is 9.52. The second kappa shape index (κ2) is 8.81. The SMILES string of the molecule is CO/N=C(\C(=O)NC1C(=O)N(S(=O)(=O)O)C1C(C)=O)c1csc(NC(=O)CCl)n1. The number of carbonyl (C=O) groups is 4. The molecule has 29 heavy (non-hydrogen) atoms. The van der Waals surface area contributed by atoms with Gasteiger partial charge >= 0.3 is 10.3 Å². The number of oxime groups is 1. The summed E-state index contributed by atoms with van der Waals surface area (Å²) in [6.07, 6.45) is 0. The number of aromatic nitrogens is 1. The highest BCUT2D eigenvalue weighted by Crippen LogP contribution is 2.25. The quantitative estimate of drug-likeness (QED) is 0.138. The maximum atomic E-state index is 12.5. The molecule has 0 aliphatic carbocycles. The standard InChI is InChI=1S/C13H14ClN5O8S2/c1-5(20)10-9(12(23)19(10)29(24,25)26)17-11(22)8(18-27-2)6-4-28-13(15-6)16-7(21)3-14/h4,9-10H,3H2,1-2H3,(H,17,22)(H,15,16,21)(H,24,25,26)/b18-8-. The minimum Gasteiger partial charge on any atom is -0.398 e. The number of Topliss-reactive ketones (excluding diaryl/α,β-unsaturated/α-hetero) is 1. The Morgan fingerprint density at radius 1 is 1.45 bits per heavy atom. The van der Waals surface area contributed by atoms with E-state index in [4.69, 9.17) is 16.2 Å². The highest BCUT2D eigenvalue weighted by Gasteiger charge is 2.56. The van der Waals surface area contributed by atoms with Crippen molar-refractivity contribution in [2.75, 3.05) is 18.3 Å². The van der Waals surface area contributed by atoms with Crippen LogP contribution in [-0.2, 0) is 34.3 Å². The summed E-state index contributed by atoms with van der Waals surface area (Å²) in [6, 6.07) is -3.16. The van der Waals surface area contributed by atoms with Crippen molar-refractivity contribution >= 4 is 67.6 Å². The molecular weight excluding hydrogens is 454 g/mol. The van der Waals surface area contributed by atoms with Gasteiger partial charge in [-0.25, -0.2) is 9.29 Å². The van der Waals surface area contributed by atoms with Crippen LogP contribution in [0.1, 0.15) is 12.6 Å². The second-order valence-corrected chi connectivity index (χ2v) is 7.88. The first-order chi connectivity index (χ1) is 13.5. The number of halogens is 1. The molecule has 3 amide bonds. The van der Waals surface area contributed by atoms with Gasteiger partial charge in [-0.1, -0.05) is 5.16 Å². The van der Waals surface area contributed by atoms with Gasteiger partial charge in [0.05, 0.1) is 0 Å². The minimum atomic E-state index is -4.98. The zero-order chi connectivity index (χ0) is 21.9. The molecule has 13 nitrogen and oxygen atoms in total. The van der Waals surface area contributed by atoms with E-state index in [-0.39, 0.29) is 21.0 Å². The maximum absolute atomic E-state index is 12.5. The third-order valence-corrected chi connectivity index (χ3v) is 5.42. The summed E-state index contributed by atoms with van der Waals surface area (Å²) in [4.78, 5) is 56.1. The van der Waals surface area contributed by atoms with E-state index in [9.17, 15) is 27.6 Å². The summed E-state index contributed by atoms with van der Waals surface area (Å²) in [5.74, 6) is -3.83. The first kappa shape index (κ1) is 22.7. The topological polar surface area (TPSA) is 184 Å². The molecule has 1 saturated heterocycles. The van der Waals surface area contributed by atoms with Crippen molar-refractivity contribution in [2.24, 2.45) is 5.16 Å². The Hall–Kier alpha value is -2.62. The Morgan fingerprint density at radius 2 is 2.10 bits per heavy atom. The van der Waals surface area contributed by atoms with Crippen molar-refractivity contribution in [1.29, 1.82) is 0 Å². The number of amides is 3. The highest BCUT2D eigenvalue weighted by molar-refractivity contribution is 7.84. The summed E-state index contributed by atoms with van der Waals surface area (Å²) < 4.78 is 31.5. The van der Waals surface area contributed by atoms with Gasteiger partial charge in [0.2, 0.25) is 5.91 Å². The molecule has 0 spiro atoms. The van der Waals surface area contributed by atoms with Crippen molar-refractivity contribution in [3.05, 3.63) is 11.1 Å². The minimum absolute atomic E-state index is 0.0306. The summed E-state index contributed by atoms with van der Waals surface area (Å²) >= 11 is 6.33. The number of thiazole rings is 1. The molecule has 2 rings (SSSR count). The third kappa shape index (κ3) is 4.87. The lowest BCUT2D eigenvalue weighted by Crippen LogP contribution is -2.74. The Kier molecular flexibility index (Phi) is 6.89. The van der Waals surface area contributed by atoms with E-state index in [1.807, 2.05) is 0 Å². The van der Waals surface area contributed by atoms with Crippen LogP contribution in [0.25, 0.3) is 0 Å². The van der Waals surface area contributed by atoms with Gasteiger partial charge in [-0.05, 0) is 6.92 Å². The molecule has 0 radical (unpaired) electrons. The Morgan fingerprint density at radius 3 is 2.62 bits per heavy atom. The molecule has 1 aromatic rings. The summed E-state index contributed by atoms with van der Waals surface area (Å²) in [5.41, 5.74) is -0.437. The predicted octanol–water partition coefficient (Wildman–Crippen LogP) is -1.24. The van der Waals surface area contributed by atoms with Gasteiger partial charge in [-0.3, -0.25) is 23.7 Å². The van der Waals surface area contributed by atoms with Crippen LogP contribution < -0.4 is 10.6 Å². The number of ketones is 1. The van der Waals surface area contributed by atoms with Crippen LogP contribution in [0, 0.1) is 0 Å². The Labute approximate surface area is 172 Å². The van der Waals surface area contributed by atoms with Gasteiger partial charge in [0.15, 0.2) is 16.6 Å². The predicted molar refractivity (Wildman–Crippen MR) is 99.8 cm³/mol. The molecule has 0 bridgehead atoms. The molecule has 0 aromatic carbocycles. The van der Waals surface area contributed by atoms with E-state index in [1.54, 1.807) is 0 Å². The van der Waals surface area contributed by atoms with Crippen molar-refractivity contribution in [1.82, 2.24) is 14.6 Å². The van der Waals surface area contributed by atoms with Gasteiger partial charge in [-0.2, -0.15) is 8.42 Å². The number of nitrogens with zero attached hydrogens (tertiary/aromatic N) is 3. The van der Waals surface area contributed by atoms with Gasteiger partial charge in [0.25, 0.3) is 11.8 Å². The molecule has 2 unspecified atom stereocenters. The lowest BCUT2D eigenvalue weighted by atomic mass is 9.95. The van der Waals surface area contributed by atoms with Gasteiger partial charge in [-0.15, -0.1) is 22.9 Å². The van der Waals surface area contributed by atoms with E-state index in [0.717, 1.165) is 25.4 Å². The fourth-order valence-electron chi connectivity index (χ4n) is 2.36. The zero-order valence-electron chi connectivity index (χ0n) is 14.8. The molecule has 1 aliphatic heterocycles. The summed E-state index contributed by atoms with van der Waals surface area (Å²) in [7, 11) is -3.83. The molecule has 2 atom stereocenters. The van der Waals surface area contributed by atoms with Crippen molar-refractivity contribution in [2.45, 2.75) is 19.0 Å². The smallest absolute Gasteiger partial charge is 0.363 e. The number of carbonyl (C=O) groups excluding carboxylic acids is 4. The van der Waals surface area contributed by atoms with Crippen LogP contribution in [0.2, 0.25) is 0 Å². The largest absolute Gasteiger partial charge is 0.398 e. The third-order valence-electron chi connectivity index (χ3n) is 3.52. The zero-order valence-corrected chi connectivity index (χ0v) is 17.2. The molecule has 1 aromatic heterocycles. The first-order valence-corrected chi connectivity index (χ1v) is 10.4. The van der Waals surface area contributed by atoms with Crippen molar-refractivity contribution in [3.8, 4) is 0 Å². The number of nitrogens with one attached hydrogen (secondary N) is 2. The van der Waals surface area contributed by atoms with Crippen LogP contribution in [0.15, 0.2) is 10.5 Å². The number of hydrogen-bond donors (Lipinski definition) is 3. The molecule has 1 aliphatic rings. The van der Waals surface area contributed by atoms with Gasteiger partial charge in [0, 0.05) is 5.38 Å². The molecule has 16 heteroatoms. The van der Waals surface area contributed by atoms with Crippen LogP contribution in [-0.4, -0.2) is 76.5 Å². The van der Waals surface area contributed by atoms with E-state index in [2.05, 4.69) is 25.6 Å². The molecule has 0 saturated carbocycles. The molecular formula is C13H14ClN5O8S2. The average molecular weight is 468 g/mol. The second-order valence-electron chi connectivity index (χ2n) is 5.46. The Balaban J connectivity index is 2.23. The Bertz CT molecular complexity index is 991. The van der Waals surface area contributed by atoms with E-state index < -0.39 is 51.6 Å².